The number of likely N-dealkylation sites (tertiary alicyclic amines) is 1. The van der Waals surface area contributed by atoms with Crippen LogP contribution in [0.1, 0.15) is 36.0 Å². The number of aromatic nitrogens is 2. The van der Waals surface area contributed by atoms with E-state index in [1.54, 1.807) is 39.9 Å². The zero-order valence-electron chi connectivity index (χ0n) is 20.4. The number of amides is 4. The predicted octanol–water partition coefficient (Wildman–Crippen LogP) is 4.08. The Labute approximate surface area is 214 Å². The Hall–Kier alpha value is -4.65. The largest absolute Gasteiger partial charge is 0.340 e. The van der Waals surface area contributed by atoms with Gasteiger partial charge in [-0.2, -0.15) is 0 Å². The lowest BCUT2D eigenvalue weighted by atomic mass is 10.0. The zero-order valence-corrected chi connectivity index (χ0v) is 20.4. The molecule has 1 aromatic heterocycles. The summed E-state index contributed by atoms with van der Waals surface area (Å²) in [4.78, 5) is 50.5. The summed E-state index contributed by atoms with van der Waals surface area (Å²) >= 11 is 0. The number of imidazole rings is 1. The fraction of sp³-hybridized carbons (Fsp3) is 0.296. The fourth-order valence-electron chi connectivity index (χ4n) is 4.95. The highest BCUT2D eigenvalue weighted by Crippen LogP contribution is 2.27. The van der Waals surface area contributed by atoms with Crippen molar-refractivity contribution in [3.63, 3.8) is 0 Å². The van der Waals surface area contributed by atoms with Gasteiger partial charge in [0.1, 0.15) is 11.9 Å². The van der Waals surface area contributed by atoms with Gasteiger partial charge in [0.05, 0.1) is 25.0 Å². The van der Waals surface area contributed by atoms with Gasteiger partial charge >= 0.3 is 12.1 Å². The van der Waals surface area contributed by atoms with Gasteiger partial charge < -0.3 is 20.4 Å². The van der Waals surface area contributed by atoms with Crippen molar-refractivity contribution < 1.29 is 14.4 Å². The third-order valence-corrected chi connectivity index (χ3v) is 6.91. The molecule has 0 spiro atoms. The topological polar surface area (TPSA) is 104 Å². The minimum Gasteiger partial charge on any atom is -0.340 e. The van der Waals surface area contributed by atoms with Crippen LogP contribution >= 0.6 is 0 Å². The SMILES string of the molecule is [C-]#[N+]c1ccc(NC(=O)NC(C(=O)N2CCC(N3Cc4cnc(C)n4C3=O)CC2)c2ccccc2)cc1. The van der Waals surface area contributed by atoms with Crippen molar-refractivity contribution in [3.05, 3.63) is 89.3 Å². The van der Waals surface area contributed by atoms with Crippen molar-refractivity contribution in [3.8, 4) is 0 Å². The first-order valence-electron chi connectivity index (χ1n) is 12.2. The number of hydrogen-bond acceptors (Lipinski definition) is 4. The molecule has 1 saturated heterocycles. The average Bonchev–Trinajstić information content (AvgIpc) is 3.47. The van der Waals surface area contributed by atoms with Gasteiger partial charge in [-0.3, -0.25) is 9.36 Å². The minimum atomic E-state index is -0.858. The second kappa shape index (κ2) is 10.1. The molecule has 1 atom stereocenters. The molecular formula is C27H27N7O3. The van der Waals surface area contributed by atoms with Gasteiger partial charge in [0.25, 0.3) is 0 Å². The molecule has 37 heavy (non-hydrogen) atoms. The molecule has 4 amide bonds. The monoisotopic (exact) mass is 497 g/mol. The highest BCUT2D eigenvalue weighted by atomic mass is 16.2. The van der Waals surface area contributed by atoms with Crippen LogP contribution in [0.5, 0.6) is 0 Å². The number of rotatable bonds is 5. The molecule has 2 N–H and O–H groups in total. The van der Waals surface area contributed by atoms with E-state index in [-0.39, 0.29) is 18.0 Å². The smallest absolute Gasteiger partial charge is 0.330 e. The minimum absolute atomic E-state index is 0.0423. The summed E-state index contributed by atoms with van der Waals surface area (Å²) in [6.07, 6.45) is 3.07. The van der Waals surface area contributed by atoms with E-state index >= 15 is 0 Å². The van der Waals surface area contributed by atoms with Crippen LogP contribution in [0.4, 0.5) is 21.0 Å². The number of piperidine rings is 1. The molecule has 0 aliphatic carbocycles. The van der Waals surface area contributed by atoms with Crippen molar-refractivity contribution in [1.82, 2.24) is 24.7 Å². The first kappa shape index (κ1) is 24.1. The molecule has 2 aromatic carbocycles. The van der Waals surface area contributed by atoms with Gasteiger partial charge in [0.15, 0.2) is 5.69 Å². The number of carbonyl (C=O) groups excluding carboxylic acids is 3. The van der Waals surface area contributed by atoms with Gasteiger partial charge in [-0.1, -0.05) is 42.5 Å². The van der Waals surface area contributed by atoms with Crippen LogP contribution in [0.15, 0.2) is 60.8 Å². The third-order valence-electron chi connectivity index (χ3n) is 6.91. The van der Waals surface area contributed by atoms with Crippen LogP contribution in [0.3, 0.4) is 0 Å². The number of anilines is 1. The van der Waals surface area contributed by atoms with E-state index in [0.29, 0.717) is 55.2 Å². The Balaban J connectivity index is 1.24. The molecule has 0 radical (unpaired) electrons. The number of carbonyl (C=O) groups is 3. The van der Waals surface area contributed by atoms with Gasteiger partial charge in [-0.15, -0.1) is 0 Å². The number of aryl methyl sites for hydroxylation is 1. The molecule has 10 nitrogen and oxygen atoms in total. The molecule has 2 aliphatic rings. The molecule has 1 fully saturated rings. The van der Waals surface area contributed by atoms with Gasteiger partial charge in [0, 0.05) is 24.8 Å². The second-order valence-corrected chi connectivity index (χ2v) is 9.20. The first-order valence-corrected chi connectivity index (χ1v) is 12.2. The Morgan fingerprint density at radius 3 is 2.43 bits per heavy atom. The van der Waals surface area contributed by atoms with E-state index in [2.05, 4.69) is 20.5 Å². The van der Waals surface area contributed by atoms with Crippen molar-refractivity contribution in [2.45, 2.75) is 38.4 Å². The lowest BCUT2D eigenvalue weighted by Gasteiger charge is -2.37. The van der Waals surface area contributed by atoms with E-state index in [4.69, 9.17) is 6.57 Å². The molecule has 2 aliphatic heterocycles. The average molecular weight is 498 g/mol. The number of nitrogens with zero attached hydrogens (tertiary/aromatic N) is 5. The summed E-state index contributed by atoms with van der Waals surface area (Å²) in [5.41, 5.74) is 2.58. The van der Waals surface area contributed by atoms with E-state index in [0.717, 1.165) is 5.69 Å². The summed E-state index contributed by atoms with van der Waals surface area (Å²) in [7, 11) is 0. The number of hydrogen-bond donors (Lipinski definition) is 2. The summed E-state index contributed by atoms with van der Waals surface area (Å²) in [5.74, 6) is 0.495. The summed E-state index contributed by atoms with van der Waals surface area (Å²) in [5, 5.41) is 5.55. The van der Waals surface area contributed by atoms with Crippen molar-refractivity contribution in [1.29, 1.82) is 0 Å². The summed E-state index contributed by atoms with van der Waals surface area (Å²) in [6, 6.07) is 14.3. The van der Waals surface area contributed by atoms with Crippen LogP contribution in [0.2, 0.25) is 0 Å². The Morgan fingerprint density at radius 2 is 1.78 bits per heavy atom. The number of benzene rings is 2. The van der Waals surface area contributed by atoms with Gasteiger partial charge in [-0.05, 0) is 37.5 Å². The van der Waals surface area contributed by atoms with Gasteiger partial charge in [-0.25, -0.2) is 19.4 Å². The highest BCUT2D eigenvalue weighted by Gasteiger charge is 2.37. The quantitative estimate of drug-likeness (QED) is 0.519. The van der Waals surface area contributed by atoms with Crippen molar-refractivity contribution in [2.24, 2.45) is 0 Å². The molecule has 5 rings (SSSR count). The van der Waals surface area contributed by atoms with Crippen LogP contribution in [0, 0.1) is 13.5 Å². The number of fused-ring (bicyclic) bond motifs is 1. The van der Waals surface area contributed by atoms with Crippen molar-refractivity contribution >= 4 is 29.3 Å². The van der Waals surface area contributed by atoms with Crippen LogP contribution in [-0.4, -0.2) is 56.5 Å². The fourth-order valence-corrected chi connectivity index (χ4v) is 4.95. The maximum absolute atomic E-state index is 13.6. The molecule has 0 bridgehead atoms. The van der Waals surface area contributed by atoms with Gasteiger partial charge in [0.2, 0.25) is 5.91 Å². The number of urea groups is 1. The normalized spacial score (nSPS) is 16.2. The lowest BCUT2D eigenvalue weighted by molar-refractivity contribution is -0.134. The molecule has 188 valence electrons. The Morgan fingerprint density at radius 1 is 1.08 bits per heavy atom. The molecule has 3 heterocycles. The van der Waals surface area contributed by atoms with E-state index in [1.165, 1.54) is 0 Å². The number of nitrogens with one attached hydrogen (secondary N) is 2. The molecule has 1 unspecified atom stereocenters. The van der Waals surface area contributed by atoms with Crippen molar-refractivity contribution in [2.75, 3.05) is 18.4 Å². The zero-order chi connectivity index (χ0) is 25.9. The molecular weight excluding hydrogens is 470 g/mol. The predicted molar refractivity (Wildman–Crippen MR) is 137 cm³/mol. The van der Waals surface area contributed by atoms with Crippen LogP contribution < -0.4 is 10.6 Å². The molecule has 3 aromatic rings. The third kappa shape index (κ3) is 4.89. The Bertz CT molecular complexity index is 1350. The van der Waals surface area contributed by atoms with Crippen LogP contribution in [-0.2, 0) is 11.3 Å². The first-order chi connectivity index (χ1) is 17.9. The highest BCUT2D eigenvalue weighted by molar-refractivity contribution is 5.94. The molecule has 10 heteroatoms. The van der Waals surface area contributed by atoms with E-state index in [9.17, 15) is 14.4 Å². The summed E-state index contributed by atoms with van der Waals surface area (Å²) in [6.45, 7) is 10.4. The summed E-state index contributed by atoms with van der Waals surface area (Å²) < 4.78 is 1.65. The second-order valence-electron chi connectivity index (χ2n) is 9.20. The maximum atomic E-state index is 13.6. The lowest BCUT2D eigenvalue weighted by Crippen LogP contribution is -2.50. The van der Waals surface area contributed by atoms with Crippen LogP contribution in [0.25, 0.3) is 4.85 Å². The van der Waals surface area contributed by atoms with E-state index < -0.39 is 12.1 Å². The molecule has 0 saturated carbocycles. The van der Waals surface area contributed by atoms with E-state index in [1.807, 2.05) is 42.2 Å². The maximum Gasteiger partial charge on any atom is 0.330 e. The Kier molecular flexibility index (Phi) is 6.60. The standard InChI is InChI=1S/C27H27N7O3/c1-18-29-16-23-17-33(27(37)34(18)23)22-12-14-32(15-13-22)25(35)24(19-6-4-3-5-7-19)31-26(36)30-21-10-8-20(28-2)9-11-21/h3-11,16,22,24H,12-15,17H2,1H3,(H2,30,31,36).